The van der Waals surface area contributed by atoms with Gasteiger partial charge in [-0.05, 0) is 30.5 Å². The first kappa shape index (κ1) is 14.2. The lowest BCUT2D eigenvalue weighted by atomic mass is 10.2. The highest BCUT2D eigenvalue weighted by Gasteiger charge is 2.01. The van der Waals surface area contributed by atoms with Crippen molar-refractivity contribution in [2.75, 3.05) is 26.0 Å². The second-order valence-electron chi connectivity index (χ2n) is 3.83. The molecule has 17 heavy (non-hydrogen) atoms. The Balaban J connectivity index is 2.21. The SMILES string of the molecule is COCCCCNS(=O)Cc1cccc(N)c1. The maximum absolute atomic E-state index is 11.7. The van der Waals surface area contributed by atoms with Gasteiger partial charge in [-0.1, -0.05) is 12.1 Å². The molecule has 0 aliphatic carbocycles. The molecule has 1 atom stereocenters. The van der Waals surface area contributed by atoms with Gasteiger partial charge >= 0.3 is 0 Å². The summed E-state index contributed by atoms with van der Waals surface area (Å²) in [6.07, 6.45) is 1.95. The number of hydrogen-bond donors (Lipinski definition) is 2. The molecule has 0 fully saturated rings. The van der Waals surface area contributed by atoms with E-state index in [9.17, 15) is 4.21 Å². The van der Waals surface area contributed by atoms with Crippen LogP contribution in [0.4, 0.5) is 5.69 Å². The largest absolute Gasteiger partial charge is 0.399 e. The fourth-order valence-corrected chi connectivity index (χ4v) is 2.40. The minimum absolute atomic E-state index is 0.495. The predicted octanol–water partition coefficient (Wildman–Crippen LogP) is 1.45. The number of nitrogens with two attached hydrogens (primary N) is 1. The third kappa shape index (κ3) is 6.41. The Morgan fingerprint density at radius 3 is 2.94 bits per heavy atom. The van der Waals surface area contributed by atoms with E-state index in [1.54, 1.807) is 7.11 Å². The zero-order valence-corrected chi connectivity index (χ0v) is 11.0. The van der Waals surface area contributed by atoms with Gasteiger partial charge in [-0.25, -0.2) is 8.93 Å². The van der Waals surface area contributed by atoms with Gasteiger partial charge in [0.1, 0.15) is 0 Å². The molecule has 1 aromatic carbocycles. The van der Waals surface area contributed by atoms with Gasteiger partial charge in [0.05, 0.1) is 16.7 Å². The molecule has 0 aliphatic rings. The van der Waals surface area contributed by atoms with Crippen molar-refractivity contribution in [2.45, 2.75) is 18.6 Å². The van der Waals surface area contributed by atoms with Crippen molar-refractivity contribution in [3.05, 3.63) is 29.8 Å². The smallest absolute Gasteiger partial charge is 0.0960 e. The number of rotatable bonds is 8. The number of ether oxygens (including phenoxy) is 1. The third-order valence-electron chi connectivity index (χ3n) is 2.29. The number of methoxy groups -OCH3 is 1. The molecule has 1 rings (SSSR count). The van der Waals surface area contributed by atoms with E-state index >= 15 is 0 Å². The summed E-state index contributed by atoms with van der Waals surface area (Å²) in [5.41, 5.74) is 7.36. The molecular weight excluding hydrogens is 236 g/mol. The van der Waals surface area contributed by atoms with Crippen molar-refractivity contribution in [3.63, 3.8) is 0 Å². The van der Waals surface area contributed by atoms with Crippen LogP contribution in [0.5, 0.6) is 0 Å². The summed E-state index contributed by atoms with van der Waals surface area (Å²) in [5, 5.41) is 0. The zero-order valence-electron chi connectivity index (χ0n) is 10.1. The van der Waals surface area contributed by atoms with Gasteiger partial charge in [0.25, 0.3) is 0 Å². The van der Waals surface area contributed by atoms with Crippen LogP contribution in [0.15, 0.2) is 24.3 Å². The quantitative estimate of drug-likeness (QED) is 0.546. The van der Waals surface area contributed by atoms with Gasteiger partial charge in [0.2, 0.25) is 0 Å². The minimum atomic E-state index is -1.03. The van der Waals surface area contributed by atoms with Crippen LogP contribution in [0.3, 0.4) is 0 Å². The molecule has 5 heteroatoms. The van der Waals surface area contributed by atoms with E-state index in [1.165, 1.54) is 0 Å². The van der Waals surface area contributed by atoms with E-state index in [0.717, 1.165) is 31.6 Å². The lowest BCUT2D eigenvalue weighted by Gasteiger charge is -2.05. The van der Waals surface area contributed by atoms with E-state index in [-0.39, 0.29) is 0 Å². The molecule has 1 aromatic rings. The van der Waals surface area contributed by atoms with Gasteiger partial charge in [0, 0.05) is 25.9 Å². The Kier molecular flexibility index (Phi) is 6.84. The Morgan fingerprint density at radius 2 is 2.24 bits per heavy atom. The standard InChI is InChI=1S/C12H20N2O2S/c1-16-8-3-2-7-14-17(15)10-11-5-4-6-12(13)9-11/h4-6,9,14H,2-3,7-8,10,13H2,1H3. The summed E-state index contributed by atoms with van der Waals surface area (Å²) in [5.74, 6) is 0.495. The Bertz CT molecular complexity index is 358. The third-order valence-corrected chi connectivity index (χ3v) is 3.41. The number of hydrogen-bond acceptors (Lipinski definition) is 3. The average Bonchev–Trinajstić information content (AvgIpc) is 2.29. The average molecular weight is 256 g/mol. The van der Waals surface area contributed by atoms with Gasteiger partial charge in [-0.3, -0.25) is 0 Å². The van der Waals surface area contributed by atoms with Gasteiger partial charge in [-0.15, -0.1) is 0 Å². The fourth-order valence-electron chi connectivity index (χ4n) is 1.44. The van der Waals surface area contributed by atoms with Crippen LogP contribution < -0.4 is 10.5 Å². The molecule has 0 bridgehead atoms. The van der Waals surface area contributed by atoms with E-state index in [2.05, 4.69) is 4.72 Å². The predicted molar refractivity (Wildman–Crippen MR) is 71.8 cm³/mol. The molecule has 4 nitrogen and oxygen atoms in total. The fraction of sp³-hybridized carbons (Fsp3) is 0.500. The van der Waals surface area contributed by atoms with Crippen molar-refractivity contribution in [1.29, 1.82) is 0 Å². The van der Waals surface area contributed by atoms with E-state index in [0.29, 0.717) is 11.4 Å². The monoisotopic (exact) mass is 256 g/mol. The summed E-state index contributed by atoms with van der Waals surface area (Å²) in [4.78, 5) is 0. The van der Waals surface area contributed by atoms with Crippen LogP contribution in [0.2, 0.25) is 0 Å². The van der Waals surface area contributed by atoms with Crippen LogP contribution in [0.1, 0.15) is 18.4 Å². The Hall–Kier alpha value is -0.910. The number of nitrogens with one attached hydrogen (secondary N) is 1. The highest BCUT2D eigenvalue weighted by Crippen LogP contribution is 2.08. The molecule has 0 aliphatic heterocycles. The molecule has 3 N–H and O–H groups in total. The topological polar surface area (TPSA) is 64.3 Å². The van der Waals surface area contributed by atoms with Gasteiger partial charge in [-0.2, -0.15) is 0 Å². The molecule has 0 spiro atoms. The van der Waals surface area contributed by atoms with Crippen molar-refractivity contribution in [3.8, 4) is 0 Å². The minimum Gasteiger partial charge on any atom is -0.399 e. The Morgan fingerprint density at radius 1 is 1.41 bits per heavy atom. The van der Waals surface area contributed by atoms with E-state index in [4.69, 9.17) is 10.5 Å². The molecule has 0 amide bonds. The van der Waals surface area contributed by atoms with Crippen molar-refractivity contribution >= 4 is 16.7 Å². The van der Waals surface area contributed by atoms with Crippen LogP contribution in [0, 0.1) is 0 Å². The normalized spacial score (nSPS) is 12.5. The maximum atomic E-state index is 11.7. The lowest BCUT2D eigenvalue weighted by molar-refractivity contribution is 0.193. The van der Waals surface area contributed by atoms with E-state index in [1.807, 2.05) is 24.3 Å². The zero-order chi connectivity index (χ0) is 12.5. The highest BCUT2D eigenvalue weighted by atomic mass is 32.2. The summed E-state index contributed by atoms with van der Waals surface area (Å²) in [6.45, 7) is 1.50. The maximum Gasteiger partial charge on any atom is 0.0960 e. The summed E-state index contributed by atoms with van der Waals surface area (Å²) in [6, 6.07) is 7.48. The molecule has 0 heterocycles. The first-order valence-corrected chi connectivity index (χ1v) is 6.99. The molecular formula is C12H20N2O2S. The van der Waals surface area contributed by atoms with Crippen molar-refractivity contribution in [2.24, 2.45) is 0 Å². The highest BCUT2D eigenvalue weighted by molar-refractivity contribution is 7.82. The van der Waals surface area contributed by atoms with Crippen LogP contribution in [-0.2, 0) is 21.5 Å². The molecule has 0 radical (unpaired) electrons. The summed E-state index contributed by atoms with van der Waals surface area (Å²) < 4.78 is 19.6. The van der Waals surface area contributed by atoms with Gasteiger partial charge in [0.15, 0.2) is 0 Å². The van der Waals surface area contributed by atoms with Crippen LogP contribution >= 0.6 is 0 Å². The summed E-state index contributed by atoms with van der Waals surface area (Å²) >= 11 is 0. The second-order valence-corrected chi connectivity index (χ2v) is 5.10. The molecule has 96 valence electrons. The van der Waals surface area contributed by atoms with Gasteiger partial charge < -0.3 is 10.5 Å². The van der Waals surface area contributed by atoms with Crippen LogP contribution in [-0.4, -0.2) is 24.5 Å². The van der Waals surface area contributed by atoms with Crippen molar-refractivity contribution < 1.29 is 8.95 Å². The van der Waals surface area contributed by atoms with E-state index < -0.39 is 11.0 Å². The number of benzene rings is 1. The lowest BCUT2D eigenvalue weighted by Crippen LogP contribution is -2.20. The first-order valence-electron chi connectivity index (χ1n) is 5.67. The molecule has 0 aromatic heterocycles. The Labute approximate surface area is 105 Å². The molecule has 1 unspecified atom stereocenters. The number of anilines is 1. The van der Waals surface area contributed by atoms with Crippen LogP contribution in [0.25, 0.3) is 0 Å². The molecule has 0 saturated carbocycles. The molecule has 0 saturated heterocycles. The first-order chi connectivity index (χ1) is 8.22. The second kappa shape index (κ2) is 8.22. The number of unbranched alkanes of at least 4 members (excludes halogenated alkanes) is 1. The van der Waals surface area contributed by atoms with Crippen molar-refractivity contribution in [1.82, 2.24) is 4.72 Å². The number of nitrogen functional groups attached to an aromatic ring is 1. The summed E-state index contributed by atoms with van der Waals surface area (Å²) in [7, 11) is 0.655.